The van der Waals surface area contributed by atoms with Crippen molar-refractivity contribution in [3.63, 3.8) is 0 Å². The van der Waals surface area contributed by atoms with Crippen molar-refractivity contribution < 1.29 is 9.47 Å². The Morgan fingerprint density at radius 1 is 0.357 bits per heavy atom. The highest BCUT2D eigenvalue weighted by molar-refractivity contribution is 4.93. The molecule has 0 radical (unpaired) electrons. The molecule has 2 aliphatic heterocycles. The molecule has 4 rings (SSSR count). The highest BCUT2D eigenvalue weighted by atomic mass is 16.5. The van der Waals surface area contributed by atoms with E-state index in [1.165, 1.54) is 57.8 Å². The fourth-order valence-corrected chi connectivity index (χ4v) is 9.25. The Morgan fingerprint density at radius 3 is 0.810 bits per heavy atom. The van der Waals surface area contributed by atoms with Crippen LogP contribution in [0.15, 0.2) is 0 Å². The summed E-state index contributed by atoms with van der Waals surface area (Å²) >= 11 is 0. The predicted octanol–water partition coefficient (Wildman–Crippen LogP) is 12.5. The van der Waals surface area contributed by atoms with Crippen LogP contribution in [0.2, 0.25) is 0 Å². The highest BCUT2D eigenvalue weighted by Crippen LogP contribution is 2.53. The zero-order chi connectivity index (χ0) is 32.5. The first-order valence-corrected chi connectivity index (χ1v) is 18.6. The molecule has 4 fully saturated rings. The Labute approximate surface area is 266 Å². The van der Waals surface area contributed by atoms with Gasteiger partial charge in [0.05, 0.1) is 12.2 Å². The van der Waals surface area contributed by atoms with Crippen LogP contribution >= 0.6 is 0 Å². The maximum absolute atomic E-state index is 5.86. The second-order valence-electron chi connectivity index (χ2n) is 17.4. The second-order valence-corrected chi connectivity index (χ2v) is 17.4. The third-order valence-electron chi connectivity index (χ3n) is 13.6. The van der Waals surface area contributed by atoms with Gasteiger partial charge in [-0.3, -0.25) is 0 Å². The van der Waals surface area contributed by atoms with Crippen LogP contribution in [0, 0.1) is 63.6 Å². The normalized spacial score (nSPS) is 23.4. The molecule has 2 saturated carbocycles. The van der Waals surface area contributed by atoms with Gasteiger partial charge in [-0.05, 0) is 103 Å². The van der Waals surface area contributed by atoms with E-state index < -0.39 is 0 Å². The lowest BCUT2D eigenvalue weighted by molar-refractivity contribution is -0.0682. The topological polar surface area (TPSA) is 18.5 Å². The van der Waals surface area contributed by atoms with Crippen LogP contribution in [0.1, 0.15) is 169 Å². The molecule has 0 spiro atoms. The van der Waals surface area contributed by atoms with Crippen molar-refractivity contribution in [3.8, 4) is 0 Å². The molecular weight excluding hydrogens is 512 g/mol. The van der Waals surface area contributed by atoms with Crippen molar-refractivity contribution in [2.45, 2.75) is 174 Å². The van der Waals surface area contributed by atoms with Crippen LogP contribution in [-0.2, 0) is 9.47 Å². The SMILES string of the molecule is CC(C)C1(C(C)C)CCC1.CC(C)C1(C(C)C)CCC1.CC(C)C1(C(C)C)CCCO1.CC(C)C1(C(C)C)CCOC1. The van der Waals surface area contributed by atoms with Crippen molar-refractivity contribution in [3.05, 3.63) is 0 Å². The Hall–Kier alpha value is -0.0800. The first-order chi connectivity index (χ1) is 19.4. The average molecular weight is 593 g/mol. The molecule has 0 unspecified atom stereocenters. The molecule has 0 aromatic heterocycles. The summed E-state index contributed by atoms with van der Waals surface area (Å²) in [6.07, 6.45) is 12.6. The highest BCUT2D eigenvalue weighted by Gasteiger charge is 2.43. The molecule has 2 heteroatoms. The van der Waals surface area contributed by atoms with Crippen LogP contribution < -0.4 is 0 Å². The van der Waals surface area contributed by atoms with Gasteiger partial charge in [-0.25, -0.2) is 0 Å². The fraction of sp³-hybridized carbons (Fsp3) is 1.00. The molecule has 0 bridgehead atoms. The molecular formula is C40H80O2. The number of hydrogen-bond donors (Lipinski definition) is 0. The zero-order valence-electron chi connectivity index (χ0n) is 31.9. The van der Waals surface area contributed by atoms with E-state index in [4.69, 9.17) is 9.47 Å². The molecule has 2 nitrogen and oxygen atoms in total. The summed E-state index contributed by atoms with van der Waals surface area (Å²) in [6.45, 7) is 40.2. The lowest BCUT2D eigenvalue weighted by Gasteiger charge is -2.49. The number of rotatable bonds is 8. The molecule has 4 aliphatic rings. The minimum Gasteiger partial charge on any atom is -0.381 e. The fourth-order valence-electron chi connectivity index (χ4n) is 9.25. The van der Waals surface area contributed by atoms with E-state index in [9.17, 15) is 0 Å². The van der Waals surface area contributed by atoms with E-state index in [0.717, 1.165) is 66.2 Å². The monoisotopic (exact) mass is 593 g/mol. The Morgan fingerprint density at radius 2 is 0.714 bits per heavy atom. The van der Waals surface area contributed by atoms with E-state index in [2.05, 4.69) is 111 Å². The first-order valence-electron chi connectivity index (χ1n) is 18.6. The molecule has 0 atom stereocenters. The Balaban J connectivity index is 0.000000280. The molecule has 0 aromatic carbocycles. The first kappa shape index (κ1) is 39.9. The van der Waals surface area contributed by atoms with Gasteiger partial charge in [0.2, 0.25) is 0 Å². The van der Waals surface area contributed by atoms with Crippen LogP contribution in [0.25, 0.3) is 0 Å². The number of hydrogen-bond acceptors (Lipinski definition) is 2. The van der Waals surface area contributed by atoms with Crippen LogP contribution in [-0.4, -0.2) is 25.4 Å². The third-order valence-corrected chi connectivity index (χ3v) is 13.6. The van der Waals surface area contributed by atoms with Gasteiger partial charge >= 0.3 is 0 Å². The minimum atomic E-state index is 0.194. The van der Waals surface area contributed by atoms with E-state index in [-0.39, 0.29) is 5.60 Å². The smallest absolute Gasteiger partial charge is 0.0728 e. The van der Waals surface area contributed by atoms with Crippen molar-refractivity contribution in [2.24, 2.45) is 63.6 Å². The van der Waals surface area contributed by atoms with Crippen molar-refractivity contribution in [1.29, 1.82) is 0 Å². The molecule has 0 aromatic rings. The van der Waals surface area contributed by atoms with E-state index in [0.29, 0.717) is 17.3 Å². The maximum Gasteiger partial charge on any atom is 0.0728 e. The molecule has 42 heavy (non-hydrogen) atoms. The van der Waals surface area contributed by atoms with Gasteiger partial charge in [0, 0.05) is 18.6 Å². The van der Waals surface area contributed by atoms with Gasteiger partial charge in [0.15, 0.2) is 0 Å². The zero-order valence-corrected chi connectivity index (χ0v) is 31.9. The summed E-state index contributed by atoms with van der Waals surface area (Å²) in [5, 5.41) is 0. The van der Waals surface area contributed by atoms with Crippen molar-refractivity contribution in [2.75, 3.05) is 19.8 Å². The van der Waals surface area contributed by atoms with E-state index in [1.807, 2.05) is 0 Å². The third kappa shape index (κ3) is 9.01. The Kier molecular flexibility index (Phi) is 16.2. The second kappa shape index (κ2) is 17.0. The summed E-state index contributed by atoms with van der Waals surface area (Å²) in [5.74, 6) is 6.38. The predicted molar refractivity (Wildman–Crippen MR) is 187 cm³/mol. The molecule has 0 amide bonds. The molecule has 0 N–H and O–H groups in total. The largest absolute Gasteiger partial charge is 0.381 e. The Bertz CT molecular complexity index is 604. The van der Waals surface area contributed by atoms with Crippen LogP contribution in [0.5, 0.6) is 0 Å². The summed E-state index contributed by atoms with van der Waals surface area (Å²) in [6, 6.07) is 0. The molecule has 2 aliphatic carbocycles. The summed E-state index contributed by atoms with van der Waals surface area (Å²) in [7, 11) is 0. The quantitative estimate of drug-likeness (QED) is 0.279. The summed E-state index contributed by atoms with van der Waals surface area (Å²) < 4.78 is 11.3. The minimum absolute atomic E-state index is 0.194. The van der Waals surface area contributed by atoms with Gasteiger partial charge in [0.25, 0.3) is 0 Å². The van der Waals surface area contributed by atoms with Crippen molar-refractivity contribution >= 4 is 0 Å². The van der Waals surface area contributed by atoms with Gasteiger partial charge < -0.3 is 9.47 Å². The van der Waals surface area contributed by atoms with Crippen LogP contribution in [0.3, 0.4) is 0 Å². The van der Waals surface area contributed by atoms with Gasteiger partial charge in [0.1, 0.15) is 0 Å². The van der Waals surface area contributed by atoms with Gasteiger partial charge in [-0.15, -0.1) is 0 Å². The molecule has 2 heterocycles. The average Bonchev–Trinajstić information content (AvgIpc) is 3.49. The van der Waals surface area contributed by atoms with E-state index in [1.54, 1.807) is 0 Å². The van der Waals surface area contributed by atoms with Gasteiger partial charge in [-0.2, -0.15) is 0 Å². The van der Waals surface area contributed by atoms with Crippen LogP contribution in [0.4, 0.5) is 0 Å². The molecule has 2 saturated heterocycles. The lowest BCUT2D eigenvalue weighted by Crippen LogP contribution is -2.39. The molecule has 252 valence electrons. The summed E-state index contributed by atoms with van der Waals surface area (Å²) in [4.78, 5) is 0. The number of ether oxygens (including phenoxy) is 2. The lowest BCUT2D eigenvalue weighted by atomic mass is 9.56. The maximum atomic E-state index is 5.86. The van der Waals surface area contributed by atoms with Crippen molar-refractivity contribution in [1.82, 2.24) is 0 Å². The standard InChI is InChI=1S/2C10H20O.2C10H20/c1-8(2)10(9(3)4)5-6-11-7-10;1-8(2)10(9(3)4)6-5-7-11-10;2*1-8(2)10(9(3)4)6-5-7-10/h2*8-9H,5-7H2,1-4H3;2*8-9H,5-7H2,1-4H3. The summed E-state index contributed by atoms with van der Waals surface area (Å²) in [5.41, 5.74) is 2.11. The van der Waals surface area contributed by atoms with E-state index >= 15 is 0 Å². The van der Waals surface area contributed by atoms with Gasteiger partial charge in [-0.1, -0.05) is 124 Å².